The minimum atomic E-state index is -0.317. The minimum absolute atomic E-state index is 0.173. The van der Waals surface area contributed by atoms with Crippen LogP contribution in [0, 0.1) is 0 Å². The van der Waals surface area contributed by atoms with Gasteiger partial charge in [-0.15, -0.1) is 0 Å². The summed E-state index contributed by atoms with van der Waals surface area (Å²) in [4.78, 5) is 25.0. The smallest absolute Gasteiger partial charge is 0.247 e. The van der Waals surface area contributed by atoms with E-state index < -0.39 is 0 Å². The number of rotatable bonds is 9. The average Bonchev–Trinajstić information content (AvgIpc) is 2.88. The van der Waals surface area contributed by atoms with Gasteiger partial charge in [-0.2, -0.15) is 4.98 Å². The molecule has 0 saturated carbocycles. The molecule has 2 N–H and O–H groups in total. The third kappa shape index (κ3) is 6.72. The third-order valence-electron chi connectivity index (χ3n) is 5.73. The number of methoxy groups -OCH3 is 1. The Balaban J connectivity index is 1.47. The Hall–Kier alpha value is -3.66. The molecule has 1 saturated heterocycles. The van der Waals surface area contributed by atoms with Crippen LogP contribution in [0.5, 0.6) is 17.4 Å². The summed E-state index contributed by atoms with van der Waals surface area (Å²) < 4.78 is 11.5. The van der Waals surface area contributed by atoms with Crippen molar-refractivity contribution in [2.75, 3.05) is 51.0 Å². The summed E-state index contributed by atoms with van der Waals surface area (Å²) in [5.41, 5.74) is 2.45. The SMILES string of the molecule is C=CC(=O)Nc1cccc(Oc2nc(Nc3ccc(CN4CCN(C)CC4)cc3OC)ncc2Cl)c1. The molecule has 1 aliphatic rings. The second kappa shape index (κ2) is 11.9. The van der Waals surface area contributed by atoms with Crippen LogP contribution in [0.4, 0.5) is 17.3 Å². The number of piperazine rings is 1. The number of benzene rings is 2. The Labute approximate surface area is 215 Å². The standard InChI is InChI=1S/C26H29ClN6O3/c1-4-24(34)29-19-6-5-7-20(15-19)36-25-21(27)16-28-26(31-25)30-22-9-8-18(14-23(22)35-3)17-33-12-10-32(2)11-13-33/h4-9,14-16H,1,10-13,17H2,2-3H3,(H,29,34)(H,28,30,31). The highest BCUT2D eigenvalue weighted by molar-refractivity contribution is 6.31. The molecule has 0 spiro atoms. The van der Waals surface area contributed by atoms with Crippen molar-refractivity contribution >= 4 is 34.8 Å². The van der Waals surface area contributed by atoms with Gasteiger partial charge in [0.2, 0.25) is 17.7 Å². The van der Waals surface area contributed by atoms with Crippen molar-refractivity contribution < 1.29 is 14.3 Å². The second-order valence-electron chi connectivity index (χ2n) is 8.41. The van der Waals surface area contributed by atoms with Gasteiger partial charge in [-0.25, -0.2) is 4.98 Å². The lowest BCUT2D eigenvalue weighted by molar-refractivity contribution is -0.111. The molecule has 0 unspecified atom stereocenters. The van der Waals surface area contributed by atoms with E-state index >= 15 is 0 Å². The normalized spacial score (nSPS) is 14.2. The molecule has 1 amide bonds. The predicted molar refractivity (Wildman–Crippen MR) is 141 cm³/mol. The van der Waals surface area contributed by atoms with Crippen LogP contribution in [0.1, 0.15) is 5.56 Å². The topological polar surface area (TPSA) is 91.8 Å². The van der Waals surface area contributed by atoms with Gasteiger partial charge >= 0.3 is 0 Å². The van der Waals surface area contributed by atoms with Crippen LogP contribution in [0.15, 0.2) is 61.3 Å². The maximum Gasteiger partial charge on any atom is 0.247 e. The van der Waals surface area contributed by atoms with Gasteiger partial charge < -0.3 is 25.0 Å². The average molecular weight is 509 g/mol. The van der Waals surface area contributed by atoms with E-state index in [0.29, 0.717) is 23.1 Å². The molecule has 1 aromatic heterocycles. The number of hydrogen-bond acceptors (Lipinski definition) is 8. The van der Waals surface area contributed by atoms with Crippen LogP contribution < -0.4 is 20.1 Å². The van der Waals surface area contributed by atoms with Crippen molar-refractivity contribution in [3.05, 3.63) is 71.9 Å². The zero-order chi connectivity index (χ0) is 25.5. The second-order valence-corrected chi connectivity index (χ2v) is 8.82. The van der Waals surface area contributed by atoms with E-state index in [1.165, 1.54) is 17.8 Å². The van der Waals surface area contributed by atoms with E-state index in [2.05, 4.69) is 50.1 Å². The first kappa shape index (κ1) is 25.4. The first-order valence-corrected chi connectivity index (χ1v) is 11.9. The summed E-state index contributed by atoms with van der Waals surface area (Å²) in [6.07, 6.45) is 2.66. The fourth-order valence-corrected chi connectivity index (χ4v) is 3.88. The molecule has 36 heavy (non-hydrogen) atoms. The number of carbonyl (C=O) groups excluding carboxylic acids is 1. The number of nitrogens with zero attached hydrogens (tertiary/aromatic N) is 4. The molecule has 0 atom stereocenters. The molecular formula is C26H29ClN6O3. The Morgan fingerprint density at radius 2 is 2.00 bits per heavy atom. The number of aromatic nitrogens is 2. The van der Waals surface area contributed by atoms with Crippen LogP contribution in [-0.2, 0) is 11.3 Å². The monoisotopic (exact) mass is 508 g/mol. The molecule has 4 rings (SSSR count). The number of likely N-dealkylation sites (N-methyl/N-ethyl adjacent to an activating group) is 1. The first-order chi connectivity index (χ1) is 17.4. The summed E-state index contributed by atoms with van der Waals surface area (Å²) >= 11 is 6.28. The zero-order valence-corrected chi connectivity index (χ0v) is 21.1. The number of ether oxygens (including phenoxy) is 2. The summed E-state index contributed by atoms with van der Waals surface area (Å²) in [7, 11) is 3.78. The van der Waals surface area contributed by atoms with Crippen molar-refractivity contribution in [1.29, 1.82) is 0 Å². The molecule has 0 bridgehead atoms. The van der Waals surface area contributed by atoms with Gasteiger partial charge in [0.15, 0.2) is 0 Å². The van der Waals surface area contributed by atoms with Gasteiger partial charge in [-0.3, -0.25) is 9.69 Å². The van der Waals surface area contributed by atoms with E-state index in [1.54, 1.807) is 31.4 Å². The Kier molecular flexibility index (Phi) is 8.37. The van der Waals surface area contributed by atoms with E-state index in [9.17, 15) is 4.79 Å². The highest BCUT2D eigenvalue weighted by Gasteiger charge is 2.16. The molecule has 0 aliphatic carbocycles. The number of nitrogens with one attached hydrogen (secondary N) is 2. The molecule has 2 heterocycles. The first-order valence-electron chi connectivity index (χ1n) is 11.5. The summed E-state index contributed by atoms with van der Waals surface area (Å²) in [6, 6.07) is 12.9. The van der Waals surface area contributed by atoms with Crippen molar-refractivity contribution in [2.45, 2.75) is 6.54 Å². The fraction of sp³-hybridized carbons (Fsp3) is 0.269. The maximum absolute atomic E-state index is 11.6. The predicted octanol–water partition coefficient (Wildman–Crippen LogP) is 4.55. The largest absolute Gasteiger partial charge is 0.495 e. The van der Waals surface area contributed by atoms with Gasteiger partial charge in [-0.1, -0.05) is 30.3 Å². The van der Waals surface area contributed by atoms with E-state index in [0.717, 1.165) is 38.4 Å². The highest BCUT2D eigenvalue weighted by atomic mass is 35.5. The molecule has 0 radical (unpaired) electrons. The van der Waals surface area contributed by atoms with Gasteiger partial charge in [0.25, 0.3) is 0 Å². The molecule has 188 valence electrons. The minimum Gasteiger partial charge on any atom is -0.495 e. The number of amides is 1. The molecular weight excluding hydrogens is 480 g/mol. The molecule has 1 fully saturated rings. The van der Waals surface area contributed by atoms with E-state index in [4.69, 9.17) is 21.1 Å². The Morgan fingerprint density at radius 1 is 1.19 bits per heavy atom. The van der Waals surface area contributed by atoms with Gasteiger partial charge in [0.1, 0.15) is 16.5 Å². The van der Waals surface area contributed by atoms with Gasteiger partial charge in [0, 0.05) is 44.5 Å². The number of halogens is 1. The van der Waals surface area contributed by atoms with E-state index in [-0.39, 0.29) is 16.8 Å². The summed E-state index contributed by atoms with van der Waals surface area (Å²) in [5, 5.41) is 6.12. The van der Waals surface area contributed by atoms with Crippen molar-refractivity contribution in [3.63, 3.8) is 0 Å². The number of hydrogen-bond donors (Lipinski definition) is 2. The quantitative estimate of drug-likeness (QED) is 0.407. The molecule has 1 aliphatic heterocycles. The van der Waals surface area contributed by atoms with Gasteiger partial charge in [-0.05, 0) is 43.0 Å². The lowest BCUT2D eigenvalue weighted by Crippen LogP contribution is -2.43. The lowest BCUT2D eigenvalue weighted by Gasteiger charge is -2.32. The van der Waals surface area contributed by atoms with Gasteiger partial charge in [0.05, 0.1) is 19.0 Å². The number of carbonyl (C=O) groups is 1. The van der Waals surface area contributed by atoms with Crippen LogP contribution in [0.25, 0.3) is 0 Å². The Bertz CT molecular complexity index is 1230. The molecule has 2 aromatic carbocycles. The zero-order valence-electron chi connectivity index (χ0n) is 20.3. The van der Waals surface area contributed by atoms with Crippen LogP contribution in [0.3, 0.4) is 0 Å². The third-order valence-corrected chi connectivity index (χ3v) is 5.99. The van der Waals surface area contributed by atoms with Crippen molar-refractivity contribution in [3.8, 4) is 17.4 Å². The molecule has 3 aromatic rings. The molecule has 9 nitrogen and oxygen atoms in total. The Morgan fingerprint density at radius 3 is 2.75 bits per heavy atom. The highest BCUT2D eigenvalue weighted by Crippen LogP contribution is 2.32. The van der Waals surface area contributed by atoms with Crippen molar-refractivity contribution in [1.82, 2.24) is 19.8 Å². The fourth-order valence-electron chi connectivity index (χ4n) is 3.75. The van der Waals surface area contributed by atoms with Crippen LogP contribution in [-0.4, -0.2) is 66.0 Å². The molecule has 10 heteroatoms. The van der Waals surface area contributed by atoms with Crippen molar-refractivity contribution in [2.24, 2.45) is 0 Å². The summed E-state index contributed by atoms with van der Waals surface area (Å²) in [5.74, 6) is 1.30. The van der Waals surface area contributed by atoms with Crippen LogP contribution in [0.2, 0.25) is 5.02 Å². The lowest BCUT2D eigenvalue weighted by atomic mass is 10.1. The number of anilines is 3. The summed E-state index contributed by atoms with van der Waals surface area (Å²) in [6.45, 7) is 8.55. The van der Waals surface area contributed by atoms with E-state index in [1.807, 2.05) is 12.1 Å². The van der Waals surface area contributed by atoms with Crippen LogP contribution >= 0.6 is 11.6 Å². The maximum atomic E-state index is 11.6.